The molecule has 1 atom stereocenters. The van der Waals surface area contributed by atoms with Crippen molar-refractivity contribution >= 4 is 11.8 Å². The van der Waals surface area contributed by atoms with Crippen LogP contribution in [0, 0.1) is 11.2 Å². The minimum Gasteiger partial charge on any atom is -0.493 e. The van der Waals surface area contributed by atoms with Gasteiger partial charge in [-0.2, -0.15) is 13.2 Å². The van der Waals surface area contributed by atoms with E-state index in [1.807, 2.05) is 4.90 Å². The molecule has 2 aliphatic heterocycles. The predicted octanol–water partition coefficient (Wildman–Crippen LogP) is 5.55. The van der Waals surface area contributed by atoms with Gasteiger partial charge in [0.1, 0.15) is 11.6 Å². The van der Waals surface area contributed by atoms with Crippen LogP contribution in [0.5, 0.6) is 5.75 Å². The number of nitrogens with zero attached hydrogens (tertiary/aromatic N) is 2. The van der Waals surface area contributed by atoms with Gasteiger partial charge in [0, 0.05) is 43.6 Å². The maximum Gasteiger partial charge on any atom is 0.416 e. The molecule has 0 spiro atoms. The second-order valence-electron chi connectivity index (χ2n) is 9.77. The van der Waals surface area contributed by atoms with E-state index in [9.17, 15) is 27.2 Å². The van der Waals surface area contributed by atoms with Crippen LogP contribution >= 0.6 is 0 Å². The summed E-state index contributed by atoms with van der Waals surface area (Å²) in [7, 11) is 0. The molecule has 0 aromatic heterocycles. The molecule has 2 aliphatic rings. The van der Waals surface area contributed by atoms with Gasteiger partial charge in [-0.15, -0.1) is 0 Å². The molecule has 194 valence electrons. The number of carbonyl (C=O) groups excluding carboxylic acids is 2. The minimum absolute atomic E-state index is 0.0150. The molecule has 0 N–H and O–H groups in total. The first kappa shape index (κ1) is 26.0. The number of amides is 2. The molecule has 2 aromatic carbocycles. The summed E-state index contributed by atoms with van der Waals surface area (Å²) in [4.78, 5) is 29.9. The number of alkyl halides is 3. The molecule has 0 radical (unpaired) electrons. The zero-order valence-corrected chi connectivity index (χ0v) is 20.0. The molecule has 0 bridgehead atoms. The Morgan fingerprint density at radius 1 is 0.861 bits per heavy atom. The number of hydrogen-bond donors (Lipinski definition) is 0. The van der Waals surface area contributed by atoms with Gasteiger partial charge in [-0.05, 0) is 80.6 Å². The molecule has 2 fully saturated rings. The maximum atomic E-state index is 13.3. The van der Waals surface area contributed by atoms with Gasteiger partial charge < -0.3 is 14.5 Å². The third kappa shape index (κ3) is 6.36. The second kappa shape index (κ2) is 10.9. The Kier molecular flexibility index (Phi) is 7.85. The number of ether oxygens (including phenoxy) is 1. The lowest BCUT2D eigenvalue weighted by Crippen LogP contribution is -2.51. The highest BCUT2D eigenvalue weighted by molar-refractivity contribution is 5.94. The maximum absolute atomic E-state index is 13.3. The van der Waals surface area contributed by atoms with E-state index in [1.165, 1.54) is 36.4 Å². The van der Waals surface area contributed by atoms with Crippen molar-refractivity contribution in [1.82, 2.24) is 9.80 Å². The first-order valence-electron chi connectivity index (χ1n) is 12.3. The number of likely N-dealkylation sites (tertiary alicyclic amines) is 2. The molecule has 2 saturated heterocycles. The van der Waals surface area contributed by atoms with Crippen LogP contribution in [0.1, 0.15) is 54.4 Å². The lowest BCUT2D eigenvalue weighted by molar-refractivity contribution is -0.137. The average molecular weight is 507 g/mol. The number of hydrogen-bond acceptors (Lipinski definition) is 3. The van der Waals surface area contributed by atoms with Crippen molar-refractivity contribution in [2.24, 2.45) is 5.41 Å². The summed E-state index contributed by atoms with van der Waals surface area (Å²) in [6, 6.07) is 9.81. The molecule has 0 aliphatic carbocycles. The van der Waals surface area contributed by atoms with E-state index in [-0.39, 0.29) is 42.8 Å². The van der Waals surface area contributed by atoms with Crippen molar-refractivity contribution in [3.63, 3.8) is 0 Å². The number of carbonyl (C=O) groups is 2. The largest absolute Gasteiger partial charge is 0.493 e. The highest BCUT2D eigenvalue weighted by Crippen LogP contribution is 2.36. The fourth-order valence-corrected chi connectivity index (χ4v) is 5.02. The predicted molar refractivity (Wildman–Crippen MR) is 126 cm³/mol. The summed E-state index contributed by atoms with van der Waals surface area (Å²) >= 11 is 0. The zero-order valence-electron chi connectivity index (χ0n) is 20.0. The lowest BCUT2D eigenvalue weighted by Gasteiger charge is -2.43. The monoisotopic (exact) mass is 506 g/mol. The standard InChI is InChI=1S/C27H30F4N2O3/c28-22-9-11-23(12-10-22)36-19-26(17-24(34)32-14-2-1-3-15-32)13-4-16-33(18-26)25(35)20-5-7-21(8-6-20)27(29,30)31/h5-12H,1-4,13-19H2/t26-/m1/s1. The zero-order chi connectivity index (χ0) is 25.8. The van der Waals surface area contributed by atoms with E-state index < -0.39 is 17.2 Å². The Morgan fingerprint density at radius 3 is 2.14 bits per heavy atom. The Labute approximate surface area is 208 Å². The van der Waals surface area contributed by atoms with Crippen LogP contribution < -0.4 is 4.74 Å². The number of benzene rings is 2. The molecular weight excluding hydrogens is 476 g/mol. The van der Waals surface area contributed by atoms with Crippen LogP contribution in [0.2, 0.25) is 0 Å². The van der Waals surface area contributed by atoms with Crippen LogP contribution in [-0.2, 0) is 11.0 Å². The summed E-state index contributed by atoms with van der Waals surface area (Å²) in [5.41, 5.74) is -1.31. The van der Waals surface area contributed by atoms with Crippen molar-refractivity contribution in [3.8, 4) is 5.75 Å². The van der Waals surface area contributed by atoms with Crippen LogP contribution in [0.3, 0.4) is 0 Å². The topological polar surface area (TPSA) is 49.9 Å². The number of piperidine rings is 2. The van der Waals surface area contributed by atoms with Gasteiger partial charge in [-0.25, -0.2) is 4.39 Å². The first-order chi connectivity index (χ1) is 17.2. The smallest absolute Gasteiger partial charge is 0.416 e. The molecule has 0 unspecified atom stereocenters. The molecule has 9 heteroatoms. The Balaban J connectivity index is 1.52. The Hall–Kier alpha value is -3.10. The van der Waals surface area contributed by atoms with E-state index in [2.05, 4.69) is 0 Å². The fraction of sp³-hybridized carbons (Fsp3) is 0.481. The number of halogens is 4. The molecular formula is C27H30F4N2O3. The van der Waals surface area contributed by atoms with Gasteiger partial charge in [0.25, 0.3) is 5.91 Å². The molecule has 5 nitrogen and oxygen atoms in total. The third-order valence-corrected chi connectivity index (χ3v) is 7.00. The second-order valence-corrected chi connectivity index (χ2v) is 9.77. The van der Waals surface area contributed by atoms with E-state index in [0.717, 1.165) is 31.4 Å². The van der Waals surface area contributed by atoms with Gasteiger partial charge in [0.05, 0.1) is 12.2 Å². The van der Waals surface area contributed by atoms with Crippen molar-refractivity contribution in [2.75, 3.05) is 32.8 Å². The summed E-state index contributed by atoms with van der Waals surface area (Å²) in [6.07, 6.45) is 0.0288. The molecule has 2 heterocycles. The van der Waals surface area contributed by atoms with Gasteiger partial charge in [0.2, 0.25) is 5.91 Å². The van der Waals surface area contributed by atoms with Crippen molar-refractivity contribution in [3.05, 3.63) is 65.5 Å². The SMILES string of the molecule is O=C(C[C@]1(COc2ccc(F)cc2)CCCN(C(=O)c2ccc(C(F)(F)F)cc2)C1)N1CCCCC1. The van der Waals surface area contributed by atoms with E-state index in [4.69, 9.17) is 4.74 Å². The molecule has 36 heavy (non-hydrogen) atoms. The summed E-state index contributed by atoms with van der Waals surface area (Å²) < 4.78 is 58.1. The first-order valence-corrected chi connectivity index (χ1v) is 12.3. The van der Waals surface area contributed by atoms with Crippen LogP contribution in [-0.4, -0.2) is 54.4 Å². The summed E-state index contributed by atoms with van der Waals surface area (Å²) in [5.74, 6) is -0.281. The van der Waals surface area contributed by atoms with E-state index >= 15 is 0 Å². The van der Waals surface area contributed by atoms with Gasteiger partial charge >= 0.3 is 6.18 Å². The number of rotatable bonds is 6. The summed E-state index contributed by atoms with van der Waals surface area (Å²) in [5, 5.41) is 0. The average Bonchev–Trinajstić information content (AvgIpc) is 2.88. The normalized spacial score (nSPS) is 20.8. The molecule has 0 saturated carbocycles. The van der Waals surface area contributed by atoms with Gasteiger partial charge in [-0.3, -0.25) is 9.59 Å². The van der Waals surface area contributed by atoms with Crippen LogP contribution in [0.4, 0.5) is 17.6 Å². The van der Waals surface area contributed by atoms with Gasteiger partial charge in [-0.1, -0.05) is 0 Å². The quantitative estimate of drug-likeness (QED) is 0.483. The van der Waals surface area contributed by atoms with Crippen molar-refractivity contribution < 1.29 is 31.9 Å². The van der Waals surface area contributed by atoms with Crippen LogP contribution in [0.15, 0.2) is 48.5 Å². The van der Waals surface area contributed by atoms with E-state index in [1.54, 1.807) is 4.90 Å². The highest BCUT2D eigenvalue weighted by atomic mass is 19.4. The van der Waals surface area contributed by atoms with E-state index in [0.29, 0.717) is 38.2 Å². The Bertz CT molecular complexity index is 1050. The molecule has 4 rings (SSSR count). The minimum atomic E-state index is -4.48. The lowest BCUT2D eigenvalue weighted by atomic mass is 9.77. The fourth-order valence-electron chi connectivity index (χ4n) is 5.02. The van der Waals surface area contributed by atoms with Crippen LogP contribution in [0.25, 0.3) is 0 Å². The Morgan fingerprint density at radius 2 is 1.50 bits per heavy atom. The summed E-state index contributed by atoms with van der Waals surface area (Å²) in [6.45, 7) is 2.27. The van der Waals surface area contributed by atoms with Gasteiger partial charge in [0.15, 0.2) is 0 Å². The molecule has 2 aromatic rings. The molecule has 2 amide bonds. The van der Waals surface area contributed by atoms with Crippen molar-refractivity contribution in [1.29, 1.82) is 0 Å². The highest BCUT2D eigenvalue weighted by Gasteiger charge is 2.41. The third-order valence-electron chi connectivity index (χ3n) is 7.00. The van der Waals surface area contributed by atoms with Crippen molar-refractivity contribution in [2.45, 2.75) is 44.7 Å².